The lowest BCUT2D eigenvalue weighted by molar-refractivity contribution is -0.135. The Bertz CT molecular complexity index is 565. The molecule has 5 atom stereocenters. The van der Waals surface area contributed by atoms with Gasteiger partial charge in [-0.2, -0.15) is 0 Å². The molecule has 3 rings (SSSR count). The van der Waals surface area contributed by atoms with Gasteiger partial charge in [0.15, 0.2) is 0 Å². The van der Waals surface area contributed by atoms with Crippen molar-refractivity contribution < 1.29 is 15.0 Å². The van der Waals surface area contributed by atoms with Crippen LogP contribution >= 0.6 is 0 Å². The van der Waals surface area contributed by atoms with Crippen LogP contribution in [-0.4, -0.2) is 45.8 Å². The number of benzene rings is 1. The van der Waals surface area contributed by atoms with Crippen LogP contribution in [-0.2, 0) is 4.79 Å². The third-order valence-corrected chi connectivity index (χ3v) is 5.73. The minimum atomic E-state index is -0.822. The van der Waals surface area contributed by atoms with Crippen molar-refractivity contribution in [1.82, 2.24) is 4.90 Å². The highest BCUT2D eigenvalue weighted by molar-refractivity contribution is 5.79. The summed E-state index contributed by atoms with van der Waals surface area (Å²) in [5.41, 5.74) is 6.20. The molecule has 2 aliphatic rings. The first-order valence-electron chi connectivity index (χ1n) is 8.41. The van der Waals surface area contributed by atoms with E-state index in [-0.39, 0.29) is 24.5 Å². The van der Waals surface area contributed by atoms with Crippen molar-refractivity contribution >= 4 is 5.91 Å². The molecule has 1 aliphatic carbocycles. The van der Waals surface area contributed by atoms with E-state index in [2.05, 4.69) is 0 Å². The van der Waals surface area contributed by atoms with Gasteiger partial charge in [0.2, 0.25) is 5.91 Å². The van der Waals surface area contributed by atoms with E-state index < -0.39 is 17.6 Å². The Morgan fingerprint density at radius 2 is 2.00 bits per heavy atom. The smallest absolute Gasteiger partial charge is 0.237 e. The fourth-order valence-corrected chi connectivity index (χ4v) is 4.50. The minimum absolute atomic E-state index is 0.0332. The Morgan fingerprint density at radius 1 is 1.30 bits per heavy atom. The molecular formula is C18H26N2O3. The molecule has 1 amide bonds. The lowest BCUT2D eigenvalue weighted by atomic mass is 9.74. The van der Waals surface area contributed by atoms with Crippen LogP contribution in [0.25, 0.3) is 0 Å². The number of likely N-dealkylation sites (tertiary alicyclic amines) is 1. The number of fused-ring (bicyclic) bond motifs is 1. The molecule has 5 nitrogen and oxygen atoms in total. The molecule has 1 aromatic carbocycles. The number of carbonyl (C=O) groups is 1. The second-order valence-electron chi connectivity index (χ2n) is 7.10. The molecule has 5 heteroatoms. The molecular weight excluding hydrogens is 292 g/mol. The van der Waals surface area contributed by atoms with Gasteiger partial charge < -0.3 is 20.8 Å². The number of aliphatic hydroxyl groups excluding tert-OH is 2. The number of aliphatic hydroxyl groups is 2. The third kappa shape index (κ3) is 2.67. The van der Waals surface area contributed by atoms with Gasteiger partial charge in [0, 0.05) is 11.5 Å². The molecule has 1 aromatic rings. The van der Waals surface area contributed by atoms with Gasteiger partial charge in [0.25, 0.3) is 0 Å². The van der Waals surface area contributed by atoms with Crippen LogP contribution in [0.2, 0.25) is 0 Å². The Hall–Kier alpha value is -1.43. The van der Waals surface area contributed by atoms with Crippen molar-refractivity contribution in [1.29, 1.82) is 0 Å². The van der Waals surface area contributed by atoms with Crippen molar-refractivity contribution in [3.05, 3.63) is 35.9 Å². The Morgan fingerprint density at radius 3 is 2.65 bits per heavy atom. The fourth-order valence-electron chi connectivity index (χ4n) is 4.50. The lowest BCUT2D eigenvalue weighted by Crippen LogP contribution is -2.50. The van der Waals surface area contributed by atoms with E-state index in [1.807, 2.05) is 42.2 Å². The van der Waals surface area contributed by atoms with Gasteiger partial charge in [-0.15, -0.1) is 0 Å². The van der Waals surface area contributed by atoms with E-state index in [9.17, 15) is 15.0 Å². The van der Waals surface area contributed by atoms with E-state index >= 15 is 0 Å². The van der Waals surface area contributed by atoms with E-state index in [0.717, 1.165) is 18.4 Å². The molecule has 23 heavy (non-hydrogen) atoms. The first-order valence-corrected chi connectivity index (χ1v) is 8.41. The number of hydrogen-bond acceptors (Lipinski definition) is 4. The number of nitrogens with two attached hydrogens (primary N) is 1. The Labute approximate surface area is 137 Å². The summed E-state index contributed by atoms with van der Waals surface area (Å²) in [5.74, 6) is -0.0869. The highest BCUT2D eigenvalue weighted by atomic mass is 16.3. The lowest BCUT2D eigenvalue weighted by Gasteiger charge is -2.38. The predicted molar refractivity (Wildman–Crippen MR) is 87.5 cm³/mol. The zero-order valence-corrected chi connectivity index (χ0v) is 13.6. The topological polar surface area (TPSA) is 86.8 Å². The maximum atomic E-state index is 12.6. The molecule has 126 valence electrons. The van der Waals surface area contributed by atoms with E-state index in [0.29, 0.717) is 12.8 Å². The number of hydrogen-bond donors (Lipinski definition) is 3. The van der Waals surface area contributed by atoms with Crippen LogP contribution in [0.3, 0.4) is 0 Å². The highest BCUT2D eigenvalue weighted by Gasteiger charge is 2.56. The van der Waals surface area contributed by atoms with Crippen molar-refractivity contribution in [3.63, 3.8) is 0 Å². The molecule has 4 N–H and O–H groups in total. The van der Waals surface area contributed by atoms with E-state index in [1.54, 1.807) is 0 Å². The molecule has 0 spiro atoms. The Kier molecular flexibility index (Phi) is 4.45. The van der Waals surface area contributed by atoms with Crippen molar-refractivity contribution in [3.8, 4) is 0 Å². The van der Waals surface area contributed by atoms with Crippen molar-refractivity contribution in [2.24, 2.45) is 11.1 Å². The normalized spacial score (nSPS) is 37.3. The van der Waals surface area contributed by atoms with Crippen LogP contribution in [0.15, 0.2) is 30.3 Å². The number of carbonyl (C=O) groups excluding carboxylic acids is 1. The van der Waals surface area contributed by atoms with E-state index in [1.165, 1.54) is 0 Å². The van der Waals surface area contributed by atoms with Crippen LogP contribution in [0.5, 0.6) is 0 Å². The zero-order chi connectivity index (χ0) is 16.6. The van der Waals surface area contributed by atoms with E-state index in [4.69, 9.17) is 5.73 Å². The number of amides is 1. The largest absolute Gasteiger partial charge is 0.390 e. The molecule has 1 saturated heterocycles. The summed E-state index contributed by atoms with van der Waals surface area (Å²) in [5, 5.41) is 20.9. The van der Waals surface area contributed by atoms with Crippen LogP contribution in [0.4, 0.5) is 0 Å². The zero-order valence-electron chi connectivity index (χ0n) is 13.6. The molecule has 1 saturated carbocycles. The summed E-state index contributed by atoms with van der Waals surface area (Å²) in [7, 11) is 0. The third-order valence-electron chi connectivity index (χ3n) is 5.73. The van der Waals surface area contributed by atoms with Gasteiger partial charge >= 0.3 is 0 Å². The summed E-state index contributed by atoms with van der Waals surface area (Å²) >= 11 is 0. The molecule has 0 bridgehead atoms. The molecule has 1 aliphatic heterocycles. The summed E-state index contributed by atoms with van der Waals surface area (Å²) in [6.45, 7) is 1.96. The number of nitrogens with zero attached hydrogens (tertiary/aromatic N) is 1. The molecule has 0 unspecified atom stereocenters. The SMILES string of the molecule is C[C@@]12C[C@H](c3ccccc3)N(C(=O)CN)[C@@H]1CCC[C@@H](O)[C@@H]2O. The van der Waals surface area contributed by atoms with Crippen molar-refractivity contribution in [2.45, 2.75) is 56.9 Å². The maximum absolute atomic E-state index is 12.6. The first kappa shape index (κ1) is 16.4. The highest BCUT2D eigenvalue weighted by Crippen LogP contribution is 2.53. The predicted octanol–water partition coefficient (Wildman–Crippen LogP) is 1.20. The molecule has 0 radical (unpaired) electrons. The second-order valence-corrected chi connectivity index (χ2v) is 7.10. The monoisotopic (exact) mass is 318 g/mol. The van der Waals surface area contributed by atoms with Gasteiger partial charge in [-0.1, -0.05) is 37.3 Å². The van der Waals surface area contributed by atoms with Gasteiger partial charge in [0.05, 0.1) is 24.8 Å². The van der Waals surface area contributed by atoms with Gasteiger partial charge in [0.1, 0.15) is 0 Å². The van der Waals surface area contributed by atoms with Crippen LogP contribution in [0.1, 0.15) is 44.2 Å². The minimum Gasteiger partial charge on any atom is -0.390 e. The Balaban J connectivity index is 2.03. The molecule has 0 aromatic heterocycles. The average Bonchev–Trinajstić information content (AvgIpc) is 2.83. The standard InChI is InChI=1S/C18H26N2O3/c1-18-10-13(12-6-3-2-4-7-12)20(16(22)11-19)15(18)9-5-8-14(21)17(18)23/h2-4,6-7,13-15,17,21,23H,5,8-11,19H2,1H3/t13-,14-,15-,17+,18-/m1/s1. The fraction of sp³-hybridized carbons (Fsp3) is 0.611. The number of rotatable bonds is 2. The van der Waals surface area contributed by atoms with Crippen LogP contribution < -0.4 is 5.73 Å². The maximum Gasteiger partial charge on any atom is 0.237 e. The summed E-state index contributed by atoms with van der Waals surface area (Å²) in [6, 6.07) is 9.71. The molecule has 1 heterocycles. The first-order chi connectivity index (χ1) is 11.0. The summed E-state index contributed by atoms with van der Waals surface area (Å²) in [6.07, 6.45) is 1.26. The van der Waals surface area contributed by atoms with Gasteiger partial charge in [-0.25, -0.2) is 0 Å². The average molecular weight is 318 g/mol. The van der Waals surface area contributed by atoms with Crippen LogP contribution in [0, 0.1) is 5.41 Å². The quantitative estimate of drug-likeness (QED) is 0.765. The van der Waals surface area contributed by atoms with Crippen molar-refractivity contribution in [2.75, 3.05) is 6.54 Å². The second kappa shape index (κ2) is 6.23. The summed E-state index contributed by atoms with van der Waals surface area (Å²) < 4.78 is 0. The van der Waals surface area contributed by atoms with Gasteiger partial charge in [-0.3, -0.25) is 4.79 Å². The summed E-state index contributed by atoms with van der Waals surface area (Å²) in [4.78, 5) is 14.4. The van der Waals surface area contributed by atoms with Gasteiger partial charge in [-0.05, 0) is 31.2 Å². The molecule has 2 fully saturated rings.